The van der Waals surface area contributed by atoms with E-state index < -0.39 is 0 Å². The lowest BCUT2D eigenvalue weighted by Crippen LogP contribution is -2.17. The highest BCUT2D eigenvalue weighted by Crippen LogP contribution is 2.22. The summed E-state index contributed by atoms with van der Waals surface area (Å²) < 4.78 is 0. The van der Waals surface area contributed by atoms with Crippen molar-refractivity contribution in [1.82, 2.24) is 9.97 Å². The van der Waals surface area contributed by atoms with E-state index in [4.69, 9.17) is 11.5 Å². The van der Waals surface area contributed by atoms with Crippen LogP contribution < -0.4 is 11.5 Å². The largest absolute Gasteiger partial charge is 0.383 e. The highest BCUT2D eigenvalue weighted by molar-refractivity contribution is 5.46. The zero-order valence-electron chi connectivity index (χ0n) is 9.80. The number of anilines is 1. The SMILES string of the molecule is Cc1ccnc(N)c1C(N)Cc1ccccn1. The lowest BCUT2D eigenvalue weighted by atomic mass is 9.99. The fourth-order valence-electron chi connectivity index (χ4n) is 1.92. The minimum Gasteiger partial charge on any atom is -0.383 e. The summed E-state index contributed by atoms with van der Waals surface area (Å²) in [5.41, 5.74) is 15.0. The highest BCUT2D eigenvalue weighted by Gasteiger charge is 2.14. The van der Waals surface area contributed by atoms with Crippen molar-refractivity contribution in [2.45, 2.75) is 19.4 Å². The number of nitrogen functional groups attached to an aromatic ring is 1. The minimum atomic E-state index is -0.168. The van der Waals surface area contributed by atoms with Gasteiger partial charge >= 0.3 is 0 Å². The molecule has 0 radical (unpaired) electrons. The summed E-state index contributed by atoms with van der Waals surface area (Å²) in [5.74, 6) is 0.508. The Bertz CT molecular complexity index is 476. The zero-order valence-corrected chi connectivity index (χ0v) is 9.80. The van der Waals surface area contributed by atoms with E-state index in [1.165, 1.54) is 0 Å². The smallest absolute Gasteiger partial charge is 0.128 e. The van der Waals surface area contributed by atoms with Gasteiger partial charge in [-0.15, -0.1) is 0 Å². The van der Waals surface area contributed by atoms with Gasteiger partial charge in [0.15, 0.2) is 0 Å². The van der Waals surface area contributed by atoms with Crippen molar-refractivity contribution in [3.05, 3.63) is 53.5 Å². The molecule has 4 N–H and O–H groups in total. The topological polar surface area (TPSA) is 77.8 Å². The van der Waals surface area contributed by atoms with Crippen molar-refractivity contribution >= 4 is 5.82 Å². The maximum Gasteiger partial charge on any atom is 0.128 e. The number of aryl methyl sites for hydroxylation is 1. The number of nitrogens with two attached hydrogens (primary N) is 2. The van der Waals surface area contributed by atoms with Crippen molar-refractivity contribution in [3.8, 4) is 0 Å². The number of aromatic nitrogens is 2. The third kappa shape index (κ3) is 2.60. The number of hydrogen-bond donors (Lipinski definition) is 2. The van der Waals surface area contributed by atoms with Gasteiger partial charge in [0.2, 0.25) is 0 Å². The van der Waals surface area contributed by atoms with Gasteiger partial charge in [-0.25, -0.2) is 4.98 Å². The van der Waals surface area contributed by atoms with Crippen LogP contribution in [0.15, 0.2) is 36.7 Å². The molecule has 0 amide bonds. The van der Waals surface area contributed by atoms with Gasteiger partial charge in [0.05, 0.1) is 0 Å². The van der Waals surface area contributed by atoms with E-state index in [-0.39, 0.29) is 6.04 Å². The van der Waals surface area contributed by atoms with Crippen LogP contribution in [0.1, 0.15) is 22.9 Å². The molecule has 0 aliphatic carbocycles. The molecule has 0 aromatic carbocycles. The fraction of sp³-hybridized carbons (Fsp3) is 0.231. The molecule has 4 nitrogen and oxygen atoms in total. The first-order valence-corrected chi connectivity index (χ1v) is 5.55. The van der Waals surface area contributed by atoms with E-state index in [0.717, 1.165) is 16.8 Å². The fourth-order valence-corrected chi connectivity index (χ4v) is 1.92. The molecule has 0 spiro atoms. The van der Waals surface area contributed by atoms with Gasteiger partial charge in [-0.1, -0.05) is 6.07 Å². The first-order chi connectivity index (χ1) is 8.18. The second kappa shape index (κ2) is 4.93. The van der Waals surface area contributed by atoms with Gasteiger partial charge in [-0.05, 0) is 30.7 Å². The van der Waals surface area contributed by atoms with Gasteiger partial charge < -0.3 is 11.5 Å². The molecule has 88 valence electrons. The standard InChI is InChI=1S/C13H16N4/c1-9-5-7-17-13(15)12(9)11(14)8-10-4-2-3-6-16-10/h2-7,11H,8,14H2,1H3,(H2,15,17). The molecule has 0 fully saturated rings. The first-order valence-electron chi connectivity index (χ1n) is 5.55. The van der Waals surface area contributed by atoms with Crippen molar-refractivity contribution in [2.24, 2.45) is 5.73 Å². The van der Waals surface area contributed by atoms with Gasteiger partial charge in [0.25, 0.3) is 0 Å². The number of pyridine rings is 2. The summed E-state index contributed by atoms with van der Waals surface area (Å²) in [6.45, 7) is 1.99. The van der Waals surface area contributed by atoms with Crippen LogP contribution in [0.3, 0.4) is 0 Å². The van der Waals surface area contributed by atoms with Crippen LogP contribution in [0, 0.1) is 6.92 Å². The van der Waals surface area contributed by atoms with Gasteiger partial charge in [0, 0.05) is 36.1 Å². The maximum absolute atomic E-state index is 6.17. The van der Waals surface area contributed by atoms with Crippen LogP contribution in [0.4, 0.5) is 5.82 Å². The maximum atomic E-state index is 6.17. The van der Waals surface area contributed by atoms with Crippen molar-refractivity contribution in [2.75, 3.05) is 5.73 Å². The molecule has 2 heterocycles. The summed E-state index contributed by atoms with van der Waals surface area (Å²) in [5, 5.41) is 0. The van der Waals surface area contributed by atoms with E-state index in [1.807, 2.05) is 31.2 Å². The third-order valence-corrected chi connectivity index (χ3v) is 2.76. The second-order valence-electron chi connectivity index (χ2n) is 4.06. The lowest BCUT2D eigenvalue weighted by Gasteiger charge is -2.15. The Labute approximate surface area is 101 Å². The van der Waals surface area contributed by atoms with Crippen LogP contribution >= 0.6 is 0 Å². The summed E-state index contributed by atoms with van der Waals surface area (Å²) >= 11 is 0. The second-order valence-corrected chi connectivity index (χ2v) is 4.06. The van der Waals surface area contributed by atoms with E-state index >= 15 is 0 Å². The summed E-state index contributed by atoms with van der Waals surface area (Å²) in [4.78, 5) is 8.34. The molecule has 2 aromatic heterocycles. The van der Waals surface area contributed by atoms with Crippen molar-refractivity contribution in [3.63, 3.8) is 0 Å². The van der Waals surface area contributed by atoms with E-state index in [1.54, 1.807) is 12.4 Å². The third-order valence-electron chi connectivity index (χ3n) is 2.76. The van der Waals surface area contributed by atoms with E-state index in [2.05, 4.69) is 9.97 Å². The minimum absolute atomic E-state index is 0.168. The van der Waals surface area contributed by atoms with Crippen LogP contribution in [0.25, 0.3) is 0 Å². The molecule has 2 rings (SSSR count). The summed E-state index contributed by atoms with van der Waals surface area (Å²) in [6, 6.07) is 7.55. The Kier molecular flexibility index (Phi) is 3.35. The molecule has 0 saturated carbocycles. The molecule has 17 heavy (non-hydrogen) atoms. The molecular weight excluding hydrogens is 212 g/mol. The molecule has 2 aromatic rings. The predicted octanol–water partition coefficient (Wildman–Crippen LogP) is 1.61. The molecule has 0 aliphatic heterocycles. The van der Waals surface area contributed by atoms with Crippen LogP contribution in [-0.2, 0) is 6.42 Å². The number of nitrogens with zero attached hydrogens (tertiary/aromatic N) is 2. The van der Waals surface area contributed by atoms with Crippen LogP contribution in [0.5, 0.6) is 0 Å². The van der Waals surface area contributed by atoms with Crippen LogP contribution in [-0.4, -0.2) is 9.97 Å². The number of rotatable bonds is 3. The Hall–Kier alpha value is -1.94. The average Bonchev–Trinajstić information content (AvgIpc) is 2.30. The molecule has 4 heteroatoms. The Balaban J connectivity index is 2.23. The van der Waals surface area contributed by atoms with E-state index in [0.29, 0.717) is 12.2 Å². The Morgan fingerprint density at radius 1 is 1.18 bits per heavy atom. The Morgan fingerprint density at radius 2 is 2.00 bits per heavy atom. The summed E-state index contributed by atoms with van der Waals surface area (Å²) in [7, 11) is 0. The quantitative estimate of drug-likeness (QED) is 0.836. The normalized spacial score (nSPS) is 12.4. The average molecular weight is 228 g/mol. The van der Waals surface area contributed by atoms with Crippen LogP contribution in [0.2, 0.25) is 0 Å². The first kappa shape index (κ1) is 11.5. The van der Waals surface area contributed by atoms with Gasteiger partial charge in [-0.2, -0.15) is 0 Å². The summed E-state index contributed by atoms with van der Waals surface area (Å²) in [6.07, 6.45) is 4.13. The van der Waals surface area contributed by atoms with E-state index in [9.17, 15) is 0 Å². The van der Waals surface area contributed by atoms with Gasteiger partial charge in [0.1, 0.15) is 5.82 Å². The molecule has 1 atom stereocenters. The molecule has 0 bridgehead atoms. The number of hydrogen-bond acceptors (Lipinski definition) is 4. The molecule has 0 saturated heterocycles. The lowest BCUT2D eigenvalue weighted by molar-refractivity contribution is 0.701. The molecule has 1 unspecified atom stereocenters. The Morgan fingerprint density at radius 3 is 2.65 bits per heavy atom. The van der Waals surface area contributed by atoms with Crippen molar-refractivity contribution in [1.29, 1.82) is 0 Å². The highest BCUT2D eigenvalue weighted by atomic mass is 14.8. The monoisotopic (exact) mass is 228 g/mol. The predicted molar refractivity (Wildman–Crippen MR) is 68.3 cm³/mol. The van der Waals surface area contributed by atoms with Gasteiger partial charge in [-0.3, -0.25) is 4.98 Å². The van der Waals surface area contributed by atoms with Crippen molar-refractivity contribution < 1.29 is 0 Å². The zero-order chi connectivity index (χ0) is 12.3. The molecule has 0 aliphatic rings. The molecular formula is C13H16N4.